The predicted octanol–water partition coefficient (Wildman–Crippen LogP) is 3.95. The first kappa shape index (κ1) is 19.2. The predicted molar refractivity (Wildman–Crippen MR) is 111 cm³/mol. The van der Waals surface area contributed by atoms with Gasteiger partial charge in [-0.1, -0.05) is 11.6 Å². The van der Waals surface area contributed by atoms with E-state index in [0.29, 0.717) is 29.6 Å². The number of hydrogen-bond donors (Lipinski definition) is 1. The van der Waals surface area contributed by atoms with Gasteiger partial charge in [0, 0.05) is 35.7 Å². The van der Waals surface area contributed by atoms with Crippen LogP contribution in [0.25, 0.3) is 5.69 Å². The molecule has 0 radical (unpaired) electrons. The number of rotatable bonds is 3. The third-order valence-corrected chi connectivity index (χ3v) is 6.56. The minimum atomic E-state index is -0.817. The first-order valence-corrected chi connectivity index (χ1v) is 10.7. The third kappa shape index (κ3) is 3.47. The lowest BCUT2D eigenvalue weighted by Crippen LogP contribution is -2.19. The van der Waals surface area contributed by atoms with Gasteiger partial charge in [-0.25, -0.2) is 9.97 Å². The molecule has 154 valence electrons. The minimum absolute atomic E-state index is 0.274. The van der Waals surface area contributed by atoms with Gasteiger partial charge in [0.25, 0.3) is 0 Å². The molecule has 1 unspecified atom stereocenters. The highest BCUT2D eigenvalue weighted by molar-refractivity contribution is 6.30. The summed E-state index contributed by atoms with van der Waals surface area (Å²) in [4.78, 5) is 20.6. The first-order chi connectivity index (χ1) is 14.6. The van der Waals surface area contributed by atoms with Crippen LogP contribution in [-0.2, 0) is 17.6 Å². The molecule has 3 heterocycles. The van der Waals surface area contributed by atoms with Crippen LogP contribution in [0.3, 0.4) is 0 Å². The summed E-state index contributed by atoms with van der Waals surface area (Å²) in [5.41, 5.74) is 1.88. The number of carboxylic acid groups (broad SMARTS) is 1. The highest BCUT2D eigenvalue weighted by atomic mass is 35.5. The zero-order valence-corrected chi connectivity index (χ0v) is 17.2. The number of aliphatic carboxylic acids is 1. The second-order valence-electron chi connectivity index (χ2n) is 8.18. The fourth-order valence-corrected chi connectivity index (χ4v) is 4.98. The maximum Gasteiger partial charge on any atom is 0.307 e. The number of fused-ring (bicyclic) bond motifs is 3. The van der Waals surface area contributed by atoms with Gasteiger partial charge in [-0.3, -0.25) is 9.36 Å². The summed E-state index contributed by atoms with van der Waals surface area (Å²) < 4.78 is 2.08. The van der Waals surface area contributed by atoms with Gasteiger partial charge >= 0.3 is 5.97 Å². The fraction of sp³-hybridized carbons (Fsp3) is 0.409. The van der Waals surface area contributed by atoms with Gasteiger partial charge in [-0.2, -0.15) is 0 Å². The zero-order chi connectivity index (χ0) is 20.7. The number of carboxylic acids is 1. The summed E-state index contributed by atoms with van der Waals surface area (Å²) in [5.74, 6) is 1.85. The lowest BCUT2D eigenvalue weighted by molar-refractivity contribution is -0.141. The SMILES string of the molecule is O=C(O)C1Cc2cc(Cl)ccc2-n2c(nnc2C2CCC(c3ncccn3)CC2)C1. The van der Waals surface area contributed by atoms with Crippen molar-refractivity contribution < 1.29 is 9.90 Å². The molecular formula is C22H22ClN5O2. The quantitative estimate of drug-likeness (QED) is 0.685. The van der Waals surface area contributed by atoms with E-state index in [9.17, 15) is 9.90 Å². The summed E-state index contributed by atoms with van der Waals surface area (Å²) in [6, 6.07) is 7.52. The van der Waals surface area contributed by atoms with Crippen LogP contribution in [0.4, 0.5) is 0 Å². The van der Waals surface area contributed by atoms with Gasteiger partial charge in [0.15, 0.2) is 0 Å². The van der Waals surface area contributed by atoms with E-state index in [4.69, 9.17) is 11.6 Å². The van der Waals surface area contributed by atoms with E-state index in [1.165, 1.54) is 0 Å². The van der Waals surface area contributed by atoms with Crippen LogP contribution in [0, 0.1) is 5.92 Å². The van der Waals surface area contributed by atoms with Crippen molar-refractivity contribution in [2.45, 2.75) is 50.4 Å². The Morgan fingerprint density at radius 2 is 1.77 bits per heavy atom. The number of halogens is 1. The molecule has 0 saturated heterocycles. The largest absolute Gasteiger partial charge is 0.481 e. The van der Waals surface area contributed by atoms with Crippen LogP contribution in [-0.4, -0.2) is 35.8 Å². The smallest absolute Gasteiger partial charge is 0.307 e. The molecule has 7 nitrogen and oxygen atoms in total. The average molecular weight is 424 g/mol. The van der Waals surface area contributed by atoms with Crippen LogP contribution in [0.2, 0.25) is 5.02 Å². The molecule has 2 aliphatic rings. The van der Waals surface area contributed by atoms with Crippen LogP contribution in [0.5, 0.6) is 0 Å². The summed E-state index contributed by atoms with van der Waals surface area (Å²) in [6.45, 7) is 0. The van der Waals surface area contributed by atoms with Gasteiger partial charge < -0.3 is 5.11 Å². The summed E-state index contributed by atoms with van der Waals surface area (Å²) in [5, 5.41) is 19.2. The summed E-state index contributed by atoms with van der Waals surface area (Å²) in [6.07, 6.45) is 8.36. The topological polar surface area (TPSA) is 93.8 Å². The molecule has 0 amide bonds. The molecule has 1 aromatic carbocycles. The maximum atomic E-state index is 11.8. The first-order valence-electron chi connectivity index (χ1n) is 10.3. The molecule has 1 fully saturated rings. The van der Waals surface area contributed by atoms with Gasteiger partial charge in [-0.05, 0) is 61.9 Å². The van der Waals surface area contributed by atoms with E-state index >= 15 is 0 Å². The molecule has 1 N–H and O–H groups in total. The molecule has 1 atom stereocenters. The summed E-state index contributed by atoms with van der Waals surface area (Å²) >= 11 is 6.22. The molecule has 3 aromatic rings. The molecule has 30 heavy (non-hydrogen) atoms. The van der Waals surface area contributed by atoms with Crippen molar-refractivity contribution in [1.82, 2.24) is 24.7 Å². The van der Waals surface area contributed by atoms with E-state index in [1.807, 2.05) is 24.3 Å². The normalized spacial score (nSPS) is 23.3. The van der Waals surface area contributed by atoms with E-state index in [1.54, 1.807) is 12.4 Å². The molecule has 5 rings (SSSR count). The Morgan fingerprint density at radius 1 is 1.03 bits per heavy atom. The molecule has 8 heteroatoms. The maximum absolute atomic E-state index is 11.8. The van der Waals surface area contributed by atoms with Crippen molar-refractivity contribution in [3.05, 3.63) is 64.7 Å². The molecule has 0 spiro atoms. The van der Waals surface area contributed by atoms with E-state index < -0.39 is 11.9 Å². The lowest BCUT2D eigenvalue weighted by atomic mass is 9.81. The minimum Gasteiger partial charge on any atom is -0.481 e. The van der Waals surface area contributed by atoms with Crippen molar-refractivity contribution >= 4 is 17.6 Å². The number of benzene rings is 1. The Balaban J connectivity index is 1.47. The van der Waals surface area contributed by atoms with Gasteiger partial charge in [-0.15, -0.1) is 10.2 Å². The van der Waals surface area contributed by atoms with E-state index in [-0.39, 0.29) is 5.92 Å². The molecule has 1 saturated carbocycles. The van der Waals surface area contributed by atoms with Crippen molar-refractivity contribution in [2.24, 2.45) is 5.92 Å². The van der Waals surface area contributed by atoms with Crippen LogP contribution in [0.1, 0.15) is 60.6 Å². The standard InChI is InChI=1S/C22H22ClN5O2/c23-17-6-7-18-15(11-17)10-16(22(29)30)12-19-26-27-21(28(18)19)14-4-2-13(3-5-14)20-24-8-1-9-25-20/h1,6-9,11,13-14,16H,2-5,10,12H2,(H,29,30). The Bertz CT molecular complexity index is 1080. The third-order valence-electron chi connectivity index (χ3n) is 6.33. The summed E-state index contributed by atoms with van der Waals surface area (Å²) in [7, 11) is 0. The Labute approximate surface area is 179 Å². The molecule has 2 aromatic heterocycles. The van der Waals surface area contributed by atoms with Gasteiger partial charge in [0.2, 0.25) is 0 Å². The number of hydrogen-bond acceptors (Lipinski definition) is 5. The molecule has 1 aliphatic carbocycles. The zero-order valence-electron chi connectivity index (χ0n) is 16.4. The van der Waals surface area contributed by atoms with Crippen LogP contribution >= 0.6 is 11.6 Å². The number of aromatic nitrogens is 5. The Kier molecular flexibility index (Phi) is 4.98. The van der Waals surface area contributed by atoms with E-state index in [2.05, 4.69) is 24.7 Å². The van der Waals surface area contributed by atoms with Crippen molar-refractivity contribution in [1.29, 1.82) is 0 Å². The fourth-order valence-electron chi connectivity index (χ4n) is 4.79. The second-order valence-corrected chi connectivity index (χ2v) is 8.62. The Hall–Kier alpha value is -2.80. The highest BCUT2D eigenvalue weighted by Crippen LogP contribution is 2.40. The van der Waals surface area contributed by atoms with Crippen LogP contribution in [0.15, 0.2) is 36.7 Å². The lowest BCUT2D eigenvalue weighted by Gasteiger charge is -2.27. The number of nitrogens with zero attached hydrogens (tertiary/aromatic N) is 5. The van der Waals surface area contributed by atoms with Crippen LogP contribution < -0.4 is 0 Å². The van der Waals surface area contributed by atoms with Gasteiger partial charge in [0.05, 0.1) is 11.6 Å². The van der Waals surface area contributed by atoms with Crippen molar-refractivity contribution in [3.8, 4) is 5.69 Å². The number of carbonyl (C=O) groups is 1. The molecular weight excluding hydrogens is 402 g/mol. The second kappa shape index (κ2) is 7.80. The van der Waals surface area contributed by atoms with E-state index in [0.717, 1.165) is 48.6 Å². The molecule has 0 bridgehead atoms. The molecule has 1 aliphatic heterocycles. The average Bonchev–Trinajstić information content (AvgIpc) is 3.10. The van der Waals surface area contributed by atoms with Crippen molar-refractivity contribution in [2.75, 3.05) is 0 Å². The van der Waals surface area contributed by atoms with Crippen molar-refractivity contribution in [3.63, 3.8) is 0 Å². The Morgan fingerprint density at radius 3 is 2.50 bits per heavy atom. The highest BCUT2D eigenvalue weighted by Gasteiger charge is 2.33. The monoisotopic (exact) mass is 423 g/mol. The van der Waals surface area contributed by atoms with Gasteiger partial charge in [0.1, 0.15) is 17.5 Å².